The van der Waals surface area contributed by atoms with Gasteiger partial charge in [0.1, 0.15) is 6.04 Å². The first-order valence-electron chi connectivity index (χ1n) is 3.10. The van der Waals surface area contributed by atoms with Gasteiger partial charge in [0.05, 0.1) is 0 Å². The topological polar surface area (TPSA) is 83.5 Å². The van der Waals surface area contributed by atoms with Crippen LogP contribution in [0.4, 0.5) is 0 Å². The number of carbonyl (C=O) groups is 1. The summed E-state index contributed by atoms with van der Waals surface area (Å²) in [5.41, 5.74) is 5.19. The third-order valence-electron chi connectivity index (χ3n) is 0.950. The molecule has 0 aliphatic rings. The molecule has 0 bridgehead atoms. The fraction of sp³-hybridized carbons (Fsp3) is 0.833. The van der Waals surface area contributed by atoms with Gasteiger partial charge in [0.2, 0.25) is 0 Å². The molecule has 1 atom stereocenters. The van der Waals surface area contributed by atoms with Gasteiger partial charge in [-0.05, 0) is 18.4 Å². The number of aliphatic carboxylic acids is 1. The molecule has 11 heavy (non-hydrogen) atoms. The molecule has 4 N–H and O–H groups in total. The van der Waals surface area contributed by atoms with Crippen molar-refractivity contribution >= 4 is 17.7 Å². The molecule has 0 radical (unpaired) electrons. The van der Waals surface area contributed by atoms with Crippen LogP contribution in [0.2, 0.25) is 0 Å². The third kappa shape index (κ3) is 9.74. The second-order valence-electron chi connectivity index (χ2n) is 1.73. The summed E-state index contributed by atoms with van der Waals surface area (Å²) < 4.78 is 0. The number of thioether (sulfide) groups is 1. The average molecular weight is 181 g/mol. The zero-order valence-corrected chi connectivity index (χ0v) is 7.60. The number of aliphatic hydroxyl groups excluding tert-OH is 1. The molecular formula is C6H15NO3S. The van der Waals surface area contributed by atoms with E-state index in [2.05, 4.69) is 0 Å². The quantitative estimate of drug-likeness (QED) is 0.557. The van der Waals surface area contributed by atoms with E-state index >= 15 is 0 Å². The first kappa shape index (κ1) is 13.3. The predicted molar refractivity (Wildman–Crippen MR) is 46.8 cm³/mol. The van der Waals surface area contributed by atoms with Crippen LogP contribution in [0.1, 0.15) is 6.42 Å². The maximum Gasteiger partial charge on any atom is 0.320 e. The molecule has 4 nitrogen and oxygen atoms in total. The molecule has 0 saturated heterocycles. The van der Waals surface area contributed by atoms with E-state index in [9.17, 15) is 4.79 Å². The fourth-order valence-corrected chi connectivity index (χ4v) is 0.858. The maximum absolute atomic E-state index is 10.1. The fourth-order valence-electron chi connectivity index (χ4n) is 0.368. The molecule has 0 fully saturated rings. The van der Waals surface area contributed by atoms with Crippen LogP contribution >= 0.6 is 11.8 Å². The van der Waals surface area contributed by atoms with Crippen LogP contribution < -0.4 is 5.73 Å². The first-order valence-corrected chi connectivity index (χ1v) is 4.50. The van der Waals surface area contributed by atoms with Crippen LogP contribution in [0.3, 0.4) is 0 Å². The number of carboxylic acids is 1. The van der Waals surface area contributed by atoms with Gasteiger partial charge in [-0.25, -0.2) is 0 Å². The molecule has 0 aliphatic heterocycles. The number of aliphatic hydroxyl groups is 1. The van der Waals surface area contributed by atoms with Crippen molar-refractivity contribution in [1.29, 1.82) is 0 Å². The number of hydrogen-bond donors (Lipinski definition) is 3. The van der Waals surface area contributed by atoms with E-state index in [-0.39, 0.29) is 0 Å². The van der Waals surface area contributed by atoms with Crippen molar-refractivity contribution < 1.29 is 15.0 Å². The van der Waals surface area contributed by atoms with Gasteiger partial charge in [-0.1, -0.05) is 0 Å². The summed E-state index contributed by atoms with van der Waals surface area (Å²) >= 11 is 1.60. The van der Waals surface area contributed by atoms with Crippen LogP contribution in [0, 0.1) is 0 Å². The Balaban J connectivity index is 0. The van der Waals surface area contributed by atoms with E-state index in [1.807, 2.05) is 6.26 Å². The minimum atomic E-state index is -0.913. The van der Waals surface area contributed by atoms with E-state index in [0.29, 0.717) is 6.42 Å². The molecule has 0 amide bonds. The monoisotopic (exact) mass is 181 g/mol. The van der Waals surface area contributed by atoms with Crippen LogP contribution in [-0.4, -0.2) is 41.3 Å². The second-order valence-corrected chi connectivity index (χ2v) is 2.71. The maximum atomic E-state index is 10.1. The molecule has 0 aromatic rings. The highest BCUT2D eigenvalue weighted by Gasteiger charge is 2.08. The first-order chi connectivity index (χ1) is 5.18. The summed E-state index contributed by atoms with van der Waals surface area (Å²) in [4.78, 5) is 10.1. The Kier molecular flexibility index (Phi) is 11.8. The molecule has 0 aromatic heterocycles. The van der Waals surface area contributed by atoms with Crippen LogP contribution in [0.25, 0.3) is 0 Å². The zero-order chi connectivity index (χ0) is 9.28. The van der Waals surface area contributed by atoms with Crippen molar-refractivity contribution in [3.05, 3.63) is 0 Å². The Morgan fingerprint density at radius 3 is 2.36 bits per heavy atom. The lowest BCUT2D eigenvalue weighted by Gasteiger charge is -2.02. The Bertz CT molecular complexity index is 99.8. The normalized spacial score (nSPS) is 11.3. The number of rotatable bonds is 4. The predicted octanol–water partition coefficient (Wildman–Crippen LogP) is -0.240. The van der Waals surface area contributed by atoms with Crippen LogP contribution in [0.15, 0.2) is 0 Å². The molecule has 0 unspecified atom stereocenters. The minimum absolute atomic E-state index is 0.552. The van der Waals surface area contributed by atoms with Crippen LogP contribution in [-0.2, 0) is 4.79 Å². The summed E-state index contributed by atoms with van der Waals surface area (Å²) in [6, 6.07) is -0.683. The van der Waals surface area contributed by atoms with Crippen molar-refractivity contribution in [2.24, 2.45) is 5.73 Å². The second kappa shape index (κ2) is 9.74. The average Bonchev–Trinajstić information content (AvgIpc) is 2.03. The molecular weight excluding hydrogens is 166 g/mol. The van der Waals surface area contributed by atoms with Crippen molar-refractivity contribution in [2.75, 3.05) is 19.1 Å². The number of nitrogens with two attached hydrogens (primary N) is 1. The largest absolute Gasteiger partial charge is 0.480 e. The lowest BCUT2D eigenvalue weighted by molar-refractivity contribution is -0.138. The third-order valence-corrected chi connectivity index (χ3v) is 1.59. The Hall–Kier alpha value is -0.260. The Morgan fingerprint density at radius 2 is 2.09 bits per heavy atom. The zero-order valence-electron chi connectivity index (χ0n) is 6.78. The summed E-state index contributed by atoms with van der Waals surface area (Å²) in [6.45, 7) is 0. The van der Waals surface area contributed by atoms with Gasteiger partial charge in [0.15, 0.2) is 0 Å². The lowest BCUT2D eigenvalue weighted by atomic mass is 10.2. The van der Waals surface area contributed by atoms with E-state index in [0.717, 1.165) is 12.9 Å². The highest BCUT2D eigenvalue weighted by molar-refractivity contribution is 7.98. The highest BCUT2D eigenvalue weighted by Crippen LogP contribution is 1.97. The van der Waals surface area contributed by atoms with E-state index in [1.165, 1.54) is 0 Å². The minimum Gasteiger partial charge on any atom is -0.480 e. The number of carboxylic acid groups (broad SMARTS) is 1. The smallest absolute Gasteiger partial charge is 0.320 e. The standard InChI is InChI=1S/C5H11NO2S.CH4O/c1-9-3-2-4(6)5(7)8;1-2/h4H,2-3,6H2,1H3,(H,7,8);2H,1H3/t4-;/m0./s1. The van der Waals surface area contributed by atoms with E-state index < -0.39 is 12.0 Å². The molecule has 5 heteroatoms. The van der Waals surface area contributed by atoms with Gasteiger partial charge < -0.3 is 15.9 Å². The van der Waals surface area contributed by atoms with Crippen molar-refractivity contribution in [1.82, 2.24) is 0 Å². The lowest BCUT2D eigenvalue weighted by Crippen LogP contribution is -2.30. The van der Waals surface area contributed by atoms with Crippen molar-refractivity contribution in [2.45, 2.75) is 12.5 Å². The van der Waals surface area contributed by atoms with Gasteiger partial charge in [0.25, 0.3) is 0 Å². The molecule has 0 aromatic carbocycles. The summed E-state index contributed by atoms with van der Waals surface area (Å²) in [5.74, 6) is -0.1000. The molecule has 0 spiro atoms. The van der Waals surface area contributed by atoms with Gasteiger partial charge in [-0.3, -0.25) is 4.79 Å². The molecule has 0 aliphatic carbocycles. The van der Waals surface area contributed by atoms with E-state index in [1.54, 1.807) is 11.8 Å². The summed E-state index contributed by atoms with van der Waals surface area (Å²) in [7, 11) is 1.00. The Morgan fingerprint density at radius 1 is 1.64 bits per heavy atom. The summed E-state index contributed by atoms with van der Waals surface area (Å²) in [6.07, 6.45) is 2.48. The molecule has 0 rings (SSSR count). The SMILES string of the molecule is CO.CSCC[C@H](N)C(=O)O. The van der Waals surface area contributed by atoms with Gasteiger partial charge >= 0.3 is 5.97 Å². The van der Waals surface area contributed by atoms with Crippen LogP contribution in [0.5, 0.6) is 0 Å². The Labute approximate surface area is 70.8 Å². The molecule has 68 valence electrons. The van der Waals surface area contributed by atoms with Crippen molar-refractivity contribution in [3.8, 4) is 0 Å². The van der Waals surface area contributed by atoms with E-state index in [4.69, 9.17) is 15.9 Å². The highest BCUT2D eigenvalue weighted by atomic mass is 32.2. The summed E-state index contributed by atoms with van der Waals surface area (Å²) in [5, 5.41) is 15.3. The molecule has 0 heterocycles. The van der Waals surface area contributed by atoms with Gasteiger partial charge in [-0.2, -0.15) is 11.8 Å². The molecule has 0 saturated carbocycles. The number of hydrogen-bond acceptors (Lipinski definition) is 4. The van der Waals surface area contributed by atoms with Gasteiger partial charge in [-0.15, -0.1) is 0 Å². The van der Waals surface area contributed by atoms with Gasteiger partial charge in [0, 0.05) is 7.11 Å². The van der Waals surface area contributed by atoms with Crippen molar-refractivity contribution in [3.63, 3.8) is 0 Å².